The topological polar surface area (TPSA) is 18.5 Å². The molecule has 1 unspecified atom stereocenters. The predicted molar refractivity (Wildman–Crippen MR) is 81.4 cm³/mol. The van der Waals surface area contributed by atoms with Crippen molar-refractivity contribution >= 4 is 0 Å². The molecule has 1 aliphatic rings. The monoisotopic (exact) mass is 261 g/mol. The van der Waals surface area contributed by atoms with Gasteiger partial charge in [0.25, 0.3) is 0 Å². The first-order valence-corrected chi connectivity index (χ1v) is 7.49. The van der Waals surface area contributed by atoms with Gasteiger partial charge in [-0.2, -0.15) is 0 Å². The Hall–Kier alpha value is -0.900. The predicted octanol–water partition coefficient (Wildman–Crippen LogP) is 1.97. The highest BCUT2D eigenvalue weighted by Gasteiger charge is 2.16. The van der Waals surface area contributed by atoms with Crippen LogP contribution in [0.3, 0.4) is 0 Å². The average Bonchev–Trinajstić information content (AvgIpc) is 2.48. The summed E-state index contributed by atoms with van der Waals surface area (Å²) in [5.74, 6) is 0. The van der Waals surface area contributed by atoms with E-state index in [0.717, 1.165) is 19.6 Å². The van der Waals surface area contributed by atoms with Crippen molar-refractivity contribution in [2.24, 2.45) is 0 Å². The van der Waals surface area contributed by atoms with E-state index in [0.29, 0.717) is 6.04 Å². The molecule has 0 amide bonds. The molecule has 0 aromatic heterocycles. The minimum Gasteiger partial charge on any atom is -0.314 e. The van der Waals surface area contributed by atoms with Gasteiger partial charge < -0.3 is 5.32 Å². The van der Waals surface area contributed by atoms with Gasteiger partial charge in [-0.05, 0) is 19.0 Å². The second-order valence-corrected chi connectivity index (χ2v) is 5.41. The Bertz CT molecular complexity index is 346. The molecule has 0 spiro atoms. The molecule has 19 heavy (non-hydrogen) atoms. The molecule has 1 atom stereocenters. The molecule has 1 aromatic rings. The van der Waals surface area contributed by atoms with E-state index in [-0.39, 0.29) is 0 Å². The van der Waals surface area contributed by atoms with Crippen LogP contribution in [-0.2, 0) is 0 Å². The highest BCUT2D eigenvalue weighted by atomic mass is 15.2. The molecule has 1 aliphatic heterocycles. The van der Waals surface area contributed by atoms with Crippen molar-refractivity contribution in [1.82, 2.24) is 15.1 Å². The molecule has 0 radical (unpaired) electrons. The maximum Gasteiger partial charge on any atom is 0.0342 e. The Labute approximate surface area is 117 Å². The van der Waals surface area contributed by atoms with Crippen molar-refractivity contribution in [1.29, 1.82) is 0 Å². The van der Waals surface area contributed by atoms with E-state index in [1.54, 1.807) is 0 Å². The summed E-state index contributed by atoms with van der Waals surface area (Å²) in [4.78, 5) is 5.06. The van der Waals surface area contributed by atoms with Crippen molar-refractivity contribution in [3.63, 3.8) is 0 Å². The van der Waals surface area contributed by atoms with E-state index < -0.39 is 0 Å². The lowest BCUT2D eigenvalue weighted by Crippen LogP contribution is -2.46. The van der Waals surface area contributed by atoms with Crippen molar-refractivity contribution in [2.75, 3.05) is 46.3 Å². The van der Waals surface area contributed by atoms with Gasteiger partial charge in [-0.15, -0.1) is 0 Å². The van der Waals surface area contributed by atoms with Crippen molar-refractivity contribution in [2.45, 2.75) is 19.4 Å². The first kappa shape index (κ1) is 14.5. The van der Waals surface area contributed by atoms with E-state index in [1.165, 1.54) is 31.6 Å². The van der Waals surface area contributed by atoms with Crippen LogP contribution in [0.4, 0.5) is 0 Å². The molecular formula is C16H27N3. The molecule has 1 saturated heterocycles. The third kappa shape index (κ3) is 4.30. The second kappa shape index (κ2) is 7.63. The molecule has 0 aliphatic carbocycles. The minimum absolute atomic E-state index is 0.545. The normalized spacial score (nSPS) is 18.7. The maximum absolute atomic E-state index is 3.41. The molecule has 1 fully saturated rings. The highest BCUT2D eigenvalue weighted by Crippen LogP contribution is 2.22. The molecule has 1 aromatic carbocycles. The number of hydrogen-bond donors (Lipinski definition) is 1. The lowest BCUT2D eigenvalue weighted by molar-refractivity contribution is 0.174. The van der Waals surface area contributed by atoms with Gasteiger partial charge in [-0.3, -0.25) is 9.80 Å². The van der Waals surface area contributed by atoms with Crippen LogP contribution in [0.1, 0.15) is 24.9 Å². The lowest BCUT2D eigenvalue weighted by Gasteiger charge is -2.32. The minimum atomic E-state index is 0.545. The lowest BCUT2D eigenvalue weighted by atomic mass is 10.0. The van der Waals surface area contributed by atoms with Gasteiger partial charge in [0.15, 0.2) is 0 Å². The SMILES string of the molecule is CCC(c1ccccc1)N(C)CCN1CCNCC1. The van der Waals surface area contributed by atoms with Crippen molar-refractivity contribution in [3.8, 4) is 0 Å². The van der Waals surface area contributed by atoms with Crippen LogP contribution in [0.15, 0.2) is 30.3 Å². The molecule has 1 heterocycles. The van der Waals surface area contributed by atoms with Crippen LogP contribution >= 0.6 is 0 Å². The Kier molecular flexibility index (Phi) is 5.83. The molecule has 0 bridgehead atoms. The Morgan fingerprint density at radius 1 is 1.21 bits per heavy atom. The number of rotatable bonds is 6. The highest BCUT2D eigenvalue weighted by molar-refractivity contribution is 5.18. The Balaban J connectivity index is 1.84. The summed E-state index contributed by atoms with van der Waals surface area (Å²) in [7, 11) is 2.25. The average molecular weight is 261 g/mol. The summed E-state index contributed by atoms with van der Waals surface area (Å²) >= 11 is 0. The quantitative estimate of drug-likeness (QED) is 0.845. The third-order valence-corrected chi connectivity index (χ3v) is 4.08. The summed E-state index contributed by atoms with van der Waals surface area (Å²) in [5.41, 5.74) is 1.44. The van der Waals surface area contributed by atoms with Crippen LogP contribution in [0, 0.1) is 0 Å². The fraction of sp³-hybridized carbons (Fsp3) is 0.625. The molecule has 2 rings (SSSR count). The zero-order chi connectivity index (χ0) is 13.5. The van der Waals surface area contributed by atoms with Crippen LogP contribution in [0.25, 0.3) is 0 Å². The Morgan fingerprint density at radius 2 is 1.89 bits per heavy atom. The first-order chi connectivity index (χ1) is 9.31. The fourth-order valence-electron chi connectivity index (χ4n) is 2.87. The summed E-state index contributed by atoms with van der Waals surface area (Å²) in [6, 6.07) is 11.4. The second-order valence-electron chi connectivity index (χ2n) is 5.41. The van der Waals surface area contributed by atoms with E-state index in [1.807, 2.05) is 0 Å². The smallest absolute Gasteiger partial charge is 0.0342 e. The van der Waals surface area contributed by atoms with Gasteiger partial charge in [0, 0.05) is 45.3 Å². The van der Waals surface area contributed by atoms with E-state index in [4.69, 9.17) is 0 Å². The molecule has 3 nitrogen and oxygen atoms in total. The largest absolute Gasteiger partial charge is 0.314 e. The summed E-state index contributed by atoms with van der Waals surface area (Å²) in [5, 5.41) is 3.41. The van der Waals surface area contributed by atoms with Gasteiger partial charge >= 0.3 is 0 Å². The molecule has 3 heteroatoms. The molecule has 106 valence electrons. The fourth-order valence-corrected chi connectivity index (χ4v) is 2.87. The van der Waals surface area contributed by atoms with E-state index in [9.17, 15) is 0 Å². The van der Waals surface area contributed by atoms with E-state index >= 15 is 0 Å². The Morgan fingerprint density at radius 3 is 2.53 bits per heavy atom. The van der Waals surface area contributed by atoms with Gasteiger partial charge in [0.05, 0.1) is 0 Å². The van der Waals surface area contributed by atoms with Crippen LogP contribution in [-0.4, -0.2) is 56.1 Å². The summed E-state index contributed by atoms with van der Waals surface area (Å²) in [6.07, 6.45) is 1.17. The van der Waals surface area contributed by atoms with Gasteiger partial charge in [-0.25, -0.2) is 0 Å². The summed E-state index contributed by atoms with van der Waals surface area (Å²) < 4.78 is 0. The number of likely N-dealkylation sites (N-methyl/N-ethyl adjacent to an activating group) is 1. The van der Waals surface area contributed by atoms with Gasteiger partial charge in [0.2, 0.25) is 0 Å². The zero-order valence-electron chi connectivity index (χ0n) is 12.3. The number of hydrogen-bond acceptors (Lipinski definition) is 3. The molecule has 1 N–H and O–H groups in total. The van der Waals surface area contributed by atoms with Crippen molar-refractivity contribution < 1.29 is 0 Å². The van der Waals surface area contributed by atoms with Crippen LogP contribution in [0.2, 0.25) is 0 Å². The number of nitrogens with zero attached hydrogens (tertiary/aromatic N) is 2. The van der Waals surface area contributed by atoms with Crippen LogP contribution < -0.4 is 5.32 Å². The number of benzene rings is 1. The molecule has 0 saturated carbocycles. The number of piperazine rings is 1. The number of nitrogens with one attached hydrogen (secondary N) is 1. The molecular weight excluding hydrogens is 234 g/mol. The van der Waals surface area contributed by atoms with E-state index in [2.05, 4.69) is 59.4 Å². The zero-order valence-corrected chi connectivity index (χ0v) is 12.3. The maximum atomic E-state index is 3.41. The standard InChI is InChI=1S/C16H27N3/c1-3-16(15-7-5-4-6-8-15)18(2)13-14-19-11-9-17-10-12-19/h4-8,16-17H,3,9-14H2,1-2H3. The third-order valence-electron chi connectivity index (χ3n) is 4.08. The first-order valence-electron chi connectivity index (χ1n) is 7.49. The van der Waals surface area contributed by atoms with Crippen LogP contribution in [0.5, 0.6) is 0 Å². The summed E-state index contributed by atoms with van der Waals surface area (Å²) in [6.45, 7) is 9.26. The van der Waals surface area contributed by atoms with Crippen molar-refractivity contribution in [3.05, 3.63) is 35.9 Å². The van der Waals surface area contributed by atoms with Gasteiger partial charge in [0.1, 0.15) is 0 Å². The van der Waals surface area contributed by atoms with Gasteiger partial charge in [-0.1, -0.05) is 37.3 Å².